The van der Waals surface area contributed by atoms with Gasteiger partial charge in [-0.25, -0.2) is 0 Å². The third-order valence-electron chi connectivity index (χ3n) is 3.34. The lowest BCUT2D eigenvalue weighted by Gasteiger charge is -2.38. The second-order valence-corrected chi connectivity index (χ2v) is 4.90. The summed E-state index contributed by atoms with van der Waals surface area (Å²) in [7, 11) is 0. The number of carboxylic acids is 1. The Balaban J connectivity index is 1.89. The van der Waals surface area contributed by atoms with E-state index >= 15 is 0 Å². The predicted octanol–water partition coefficient (Wildman–Crippen LogP) is 1.81. The lowest BCUT2D eigenvalue weighted by atomic mass is 9.90. The van der Waals surface area contributed by atoms with E-state index in [1.165, 1.54) is 0 Å². The second kappa shape index (κ2) is 4.55. The molecule has 0 amide bonds. The van der Waals surface area contributed by atoms with Crippen molar-refractivity contribution < 1.29 is 19.4 Å². The summed E-state index contributed by atoms with van der Waals surface area (Å²) in [6, 6.07) is 0. The van der Waals surface area contributed by atoms with Gasteiger partial charge < -0.3 is 14.6 Å². The van der Waals surface area contributed by atoms with Crippen LogP contribution in [0, 0.1) is 11.3 Å². The molecule has 4 heteroatoms. The van der Waals surface area contributed by atoms with Gasteiger partial charge in [-0.15, -0.1) is 0 Å². The fraction of sp³-hybridized carbons (Fsp3) is 0.750. The number of hydrogen-bond donors (Lipinski definition) is 1. The molecule has 0 spiro atoms. The highest BCUT2D eigenvalue weighted by molar-refractivity contribution is 5.74. The zero-order valence-corrected chi connectivity index (χ0v) is 9.52. The summed E-state index contributed by atoms with van der Waals surface area (Å²) >= 11 is 0. The Morgan fingerprint density at radius 2 is 2.06 bits per heavy atom. The SMILES string of the molecule is CC1(C(=O)O)COC(C2CC=CCC2)OC1. The summed E-state index contributed by atoms with van der Waals surface area (Å²) in [5, 5.41) is 9.02. The van der Waals surface area contributed by atoms with E-state index in [0.717, 1.165) is 19.3 Å². The average Bonchev–Trinajstić information content (AvgIpc) is 2.31. The van der Waals surface area contributed by atoms with E-state index in [-0.39, 0.29) is 19.5 Å². The van der Waals surface area contributed by atoms with Gasteiger partial charge in [0.25, 0.3) is 0 Å². The molecule has 1 aliphatic carbocycles. The van der Waals surface area contributed by atoms with E-state index < -0.39 is 11.4 Å². The summed E-state index contributed by atoms with van der Waals surface area (Å²) in [5.74, 6) is -0.474. The van der Waals surface area contributed by atoms with Crippen molar-refractivity contribution in [2.75, 3.05) is 13.2 Å². The van der Waals surface area contributed by atoms with E-state index in [1.807, 2.05) is 0 Å². The van der Waals surface area contributed by atoms with Crippen LogP contribution in [-0.2, 0) is 14.3 Å². The van der Waals surface area contributed by atoms with Crippen LogP contribution in [0.2, 0.25) is 0 Å². The molecule has 1 atom stereocenters. The molecule has 2 aliphatic rings. The van der Waals surface area contributed by atoms with Gasteiger partial charge in [-0.05, 0) is 26.2 Å². The van der Waals surface area contributed by atoms with Gasteiger partial charge in [0.15, 0.2) is 6.29 Å². The molecule has 0 radical (unpaired) electrons. The molecule has 2 rings (SSSR count). The Kier molecular flexibility index (Phi) is 3.30. The van der Waals surface area contributed by atoms with Crippen LogP contribution >= 0.6 is 0 Å². The molecule has 16 heavy (non-hydrogen) atoms. The van der Waals surface area contributed by atoms with Gasteiger partial charge in [-0.1, -0.05) is 12.2 Å². The highest BCUT2D eigenvalue weighted by Crippen LogP contribution is 2.31. The van der Waals surface area contributed by atoms with Crippen molar-refractivity contribution in [3.8, 4) is 0 Å². The van der Waals surface area contributed by atoms with Gasteiger partial charge in [-0.3, -0.25) is 4.79 Å². The Hall–Kier alpha value is -0.870. The zero-order chi connectivity index (χ0) is 11.6. The summed E-state index contributed by atoms with van der Waals surface area (Å²) in [6.07, 6.45) is 7.17. The Bertz CT molecular complexity index is 289. The molecular weight excluding hydrogens is 208 g/mol. The third kappa shape index (κ3) is 2.28. The molecule has 1 aliphatic heterocycles. The molecule has 1 fully saturated rings. The summed E-state index contributed by atoms with van der Waals surface area (Å²) in [6.45, 7) is 2.15. The van der Waals surface area contributed by atoms with Gasteiger partial charge >= 0.3 is 5.97 Å². The van der Waals surface area contributed by atoms with Crippen molar-refractivity contribution in [2.24, 2.45) is 11.3 Å². The second-order valence-electron chi connectivity index (χ2n) is 4.90. The fourth-order valence-electron chi connectivity index (χ4n) is 2.08. The minimum atomic E-state index is -0.888. The number of hydrogen-bond acceptors (Lipinski definition) is 3. The number of allylic oxidation sites excluding steroid dienone is 2. The molecule has 0 bridgehead atoms. The van der Waals surface area contributed by atoms with Crippen LogP contribution in [0.15, 0.2) is 12.2 Å². The van der Waals surface area contributed by atoms with Crippen LogP contribution in [0.5, 0.6) is 0 Å². The molecule has 1 unspecified atom stereocenters. The van der Waals surface area contributed by atoms with Gasteiger partial charge in [0.2, 0.25) is 0 Å². The van der Waals surface area contributed by atoms with Crippen molar-refractivity contribution in [3.63, 3.8) is 0 Å². The zero-order valence-electron chi connectivity index (χ0n) is 9.52. The maximum atomic E-state index is 11.0. The summed E-state index contributed by atoms with van der Waals surface area (Å²) in [5.41, 5.74) is -0.888. The molecule has 90 valence electrons. The largest absolute Gasteiger partial charge is 0.481 e. The van der Waals surface area contributed by atoms with Crippen LogP contribution in [0.25, 0.3) is 0 Å². The van der Waals surface area contributed by atoms with Crippen molar-refractivity contribution in [3.05, 3.63) is 12.2 Å². The van der Waals surface area contributed by atoms with Gasteiger partial charge in [0.05, 0.1) is 13.2 Å². The van der Waals surface area contributed by atoms with Crippen LogP contribution in [-0.4, -0.2) is 30.6 Å². The average molecular weight is 226 g/mol. The Labute approximate surface area is 95.2 Å². The topological polar surface area (TPSA) is 55.8 Å². The number of carboxylic acid groups (broad SMARTS) is 1. The molecular formula is C12H18O4. The normalized spacial score (nSPS) is 39.6. The maximum absolute atomic E-state index is 11.0. The van der Waals surface area contributed by atoms with Crippen molar-refractivity contribution in [1.29, 1.82) is 0 Å². The quantitative estimate of drug-likeness (QED) is 0.729. The van der Waals surface area contributed by atoms with Gasteiger partial charge in [-0.2, -0.15) is 0 Å². The first kappa shape index (κ1) is 11.6. The van der Waals surface area contributed by atoms with E-state index in [2.05, 4.69) is 12.2 Å². The summed E-state index contributed by atoms with van der Waals surface area (Å²) < 4.78 is 11.1. The van der Waals surface area contributed by atoms with Crippen molar-refractivity contribution >= 4 is 5.97 Å². The monoisotopic (exact) mass is 226 g/mol. The van der Waals surface area contributed by atoms with Crippen LogP contribution in [0.3, 0.4) is 0 Å². The summed E-state index contributed by atoms with van der Waals surface area (Å²) in [4.78, 5) is 11.0. The van der Waals surface area contributed by atoms with E-state index in [1.54, 1.807) is 6.92 Å². The number of carbonyl (C=O) groups is 1. The first-order chi connectivity index (χ1) is 7.62. The Morgan fingerprint density at radius 1 is 1.38 bits per heavy atom. The van der Waals surface area contributed by atoms with Crippen LogP contribution < -0.4 is 0 Å². The van der Waals surface area contributed by atoms with Crippen molar-refractivity contribution in [2.45, 2.75) is 32.5 Å². The first-order valence-corrected chi connectivity index (χ1v) is 5.73. The minimum absolute atomic E-state index is 0.225. The highest BCUT2D eigenvalue weighted by atomic mass is 16.7. The maximum Gasteiger partial charge on any atom is 0.314 e. The molecule has 1 saturated heterocycles. The van der Waals surface area contributed by atoms with E-state index in [9.17, 15) is 4.79 Å². The number of aliphatic carboxylic acids is 1. The van der Waals surface area contributed by atoms with E-state index in [4.69, 9.17) is 14.6 Å². The Morgan fingerprint density at radius 3 is 2.56 bits per heavy atom. The van der Waals surface area contributed by atoms with Crippen LogP contribution in [0.1, 0.15) is 26.2 Å². The molecule has 0 aromatic rings. The molecule has 1 N–H and O–H groups in total. The first-order valence-electron chi connectivity index (χ1n) is 5.73. The van der Waals surface area contributed by atoms with E-state index in [0.29, 0.717) is 5.92 Å². The van der Waals surface area contributed by atoms with Crippen molar-refractivity contribution in [1.82, 2.24) is 0 Å². The smallest absolute Gasteiger partial charge is 0.314 e. The van der Waals surface area contributed by atoms with Gasteiger partial charge in [0.1, 0.15) is 5.41 Å². The minimum Gasteiger partial charge on any atom is -0.481 e. The molecule has 4 nitrogen and oxygen atoms in total. The molecule has 1 heterocycles. The highest BCUT2D eigenvalue weighted by Gasteiger charge is 2.41. The fourth-order valence-corrected chi connectivity index (χ4v) is 2.08. The lowest BCUT2D eigenvalue weighted by molar-refractivity contribution is -0.248. The number of ether oxygens (including phenoxy) is 2. The molecule has 0 saturated carbocycles. The molecule has 0 aromatic heterocycles. The van der Waals surface area contributed by atoms with Crippen LogP contribution in [0.4, 0.5) is 0 Å². The molecule has 0 aromatic carbocycles. The standard InChI is InChI=1S/C12H18O4/c1-12(11(13)14)7-15-10(16-8-12)9-5-3-2-4-6-9/h2-3,9-10H,4-8H2,1H3,(H,13,14). The lowest BCUT2D eigenvalue weighted by Crippen LogP contribution is -2.47. The number of rotatable bonds is 2. The predicted molar refractivity (Wildman–Crippen MR) is 57.9 cm³/mol. The third-order valence-corrected chi connectivity index (χ3v) is 3.34. The van der Waals surface area contributed by atoms with Gasteiger partial charge in [0, 0.05) is 5.92 Å².